The van der Waals surface area contributed by atoms with Crippen molar-refractivity contribution in [2.45, 2.75) is 57.8 Å². The van der Waals surface area contributed by atoms with E-state index >= 15 is 0 Å². The van der Waals surface area contributed by atoms with Crippen LogP contribution in [-0.4, -0.2) is 43.3 Å². The highest BCUT2D eigenvalue weighted by atomic mass is 19.4. The summed E-state index contributed by atoms with van der Waals surface area (Å²) in [6.45, 7) is 5.59. The largest absolute Gasteiger partial charge is 0.393 e. The average Bonchev–Trinajstić information content (AvgIpc) is 2.28. The molecular formula is C13H25F3N2. The molecule has 1 aliphatic carbocycles. The molecule has 1 aliphatic rings. The fourth-order valence-corrected chi connectivity index (χ4v) is 2.45. The fourth-order valence-electron chi connectivity index (χ4n) is 2.45. The monoisotopic (exact) mass is 266 g/mol. The van der Waals surface area contributed by atoms with Crippen LogP contribution >= 0.6 is 0 Å². The molecule has 5 heteroatoms. The van der Waals surface area contributed by atoms with Gasteiger partial charge in [-0.3, -0.25) is 0 Å². The normalized spacial score (nSPS) is 26.0. The Morgan fingerprint density at radius 1 is 1.22 bits per heavy atom. The van der Waals surface area contributed by atoms with Gasteiger partial charge in [0.25, 0.3) is 0 Å². The van der Waals surface area contributed by atoms with Gasteiger partial charge in [-0.2, -0.15) is 13.2 Å². The van der Waals surface area contributed by atoms with E-state index in [1.807, 2.05) is 7.05 Å². The van der Waals surface area contributed by atoms with Crippen LogP contribution in [-0.2, 0) is 0 Å². The standard InChI is InChI=1S/C13H25F3N2/c1-10(2)18(3)9-8-17-12-7-5-4-6-11(12)13(14,15)16/h10-12,17H,4-9H2,1-3H3. The van der Waals surface area contributed by atoms with Gasteiger partial charge in [0.15, 0.2) is 0 Å². The summed E-state index contributed by atoms with van der Waals surface area (Å²) in [5.41, 5.74) is 0. The van der Waals surface area contributed by atoms with Gasteiger partial charge in [0.1, 0.15) is 0 Å². The van der Waals surface area contributed by atoms with E-state index in [0.717, 1.165) is 13.0 Å². The van der Waals surface area contributed by atoms with Gasteiger partial charge in [0, 0.05) is 25.2 Å². The van der Waals surface area contributed by atoms with E-state index in [4.69, 9.17) is 0 Å². The minimum Gasteiger partial charge on any atom is -0.312 e. The molecule has 0 bridgehead atoms. The zero-order valence-electron chi connectivity index (χ0n) is 11.6. The smallest absolute Gasteiger partial charge is 0.312 e. The highest BCUT2D eigenvalue weighted by molar-refractivity contribution is 4.85. The van der Waals surface area contributed by atoms with Crippen LogP contribution in [0.5, 0.6) is 0 Å². The van der Waals surface area contributed by atoms with Crippen LogP contribution < -0.4 is 5.32 Å². The Kier molecular flexibility index (Phi) is 5.92. The first-order valence-electron chi connectivity index (χ1n) is 6.82. The zero-order chi connectivity index (χ0) is 13.8. The molecule has 0 heterocycles. The van der Waals surface area contributed by atoms with Gasteiger partial charge in [-0.15, -0.1) is 0 Å². The third kappa shape index (κ3) is 4.76. The Hall–Kier alpha value is -0.290. The van der Waals surface area contributed by atoms with Crippen molar-refractivity contribution in [3.63, 3.8) is 0 Å². The van der Waals surface area contributed by atoms with Crippen LogP contribution in [0.4, 0.5) is 13.2 Å². The average molecular weight is 266 g/mol. The molecule has 0 aromatic carbocycles. The van der Waals surface area contributed by atoms with Crippen LogP contribution in [0.1, 0.15) is 39.5 Å². The van der Waals surface area contributed by atoms with Gasteiger partial charge in [-0.1, -0.05) is 12.8 Å². The molecule has 0 aromatic heterocycles. The highest BCUT2D eigenvalue weighted by Gasteiger charge is 2.45. The third-order valence-corrected chi connectivity index (χ3v) is 3.94. The Bertz CT molecular complexity index is 241. The second-order valence-electron chi connectivity index (χ2n) is 5.57. The fraction of sp³-hybridized carbons (Fsp3) is 1.00. The van der Waals surface area contributed by atoms with Crippen LogP contribution in [0.2, 0.25) is 0 Å². The molecule has 0 radical (unpaired) electrons. The number of likely N-dealkylation sites (N-methyl/N-ethyl adjacent to an activating group) is 1. The van der Waals surface area contributed by atoms with Gasteiger partial charge in [0.05, 0.1) is 5.92 Å². The molecule has 1 fully saturated rings. The maximum atomic E-state index is 12.9. The van der Waals surface area contributed by atoms with Crippen molar-refractivity contribution in [1.29, 1.82) is 0 Å². The van der Waals surface area contributed by atoms with Gasteiger partial charge < -0.3 is 10.2 Å². The summed E-state index contributed by atoms with van der Waals surface area (Å²) in [7, 11) is 1.99. The second kappa shape index (κ2) is 6.75. The number of rotatable bonds is 5. The summed E-state index contributed by atoms with van der Waals surface area (Å²) < 4.78 is 38.6. The lowest BCUT2D eigenvalue weighted by atomic mass is 9.84. The quantitative estimate of drug-likeness (QED) is 0.823. The number of nitrogens with zero attached hydrogens (tertiary/aromatic N) is 1. The maximum Gasteiger partial charge on any atom is 0.393 e. The predicted octanol–water partition coefficient (Wildman–Crippen LogP) is 3.04. The molecule has 2 unspecified atom stereocenters. The van der Waals surface area contributed by atoms with Crippen LogP contribution in [0.3, 0.4) is 0 Å². The lowest BCUT2D eigenvalue weighted by Gasteiger charge is -2.34. The van der Waals surface area contributed by atoms with E-state index in [1.54, 1.807) is 0 Å². The molecule has 0 aromatic rings. The van der Waals surface area contributed by atoms with Gasteiger partial charge >= 0.3 is 6.18 Å². The molecule has 2 atom stereocenters. The summed E-state index contributed by atoms with van der Waals surface area (Å²) >= 11 is 0. The number of alkyl halides is 3. The van der Waals surface area contributed by atoms with Gasteiger partial charge in [-0.25, -0.2) is 0 Å². The molecule has 1 N–H and O–H groups in total. The van der Waals surface area contributed by atoms with E-state index in [0.29, 0.717) is 25.4 Å². The topological polar surface area (TPSA) is 15.3 Å². The van der Waals surface area contributed by atoms with Crippen molar-refractivity contribution in [3.8, 4) is 0 Å². The molecule has 0 amide bonds. The molecule has 108 valence electrons. The molecular weight excluding hydrogens is 241 g/mol. The van der Waals surface area contributed by atoms with E-state index in [1.165, 1.54) is 0 Å². The number of halogens is 3. The minimum absolute atomic E-state index is 0.279. The molecule has 0 saturated heterocycles. The molecule has 1 saturated carbocycles. The van der Waals surface area contributed by atoms with Crippen molar-refractivity contribution < 1.29 is 13.2 Å². The molecule has 18 heavy (non-hydrogen) atoms. The Morgan fingerprint density at radius 2 is 1.83 bits per heavy atom. The summed E-state index contributed by atoms with van der Waals surface area (Å²) in [5, 5.41) is 3.10. The van der Waals surface area contributed by atoms with E-state index in [9.17, 15) is 13.2 Å². The van der Waals surface area contributed by atoms with Crippen molar-refractivity contribution in [2.75, 3.05) is 20.1 Å². The first kappa shape index (κ1) is 15.8. The van der Waals surface area contributed by atoms with Gasteiger partial charge in [0.2, 0.25) is 0 Å². The lowest BCUT2D eigenvalue weighted by molar-refractivity contribution is -0.188. The Morgan fingerprint density at radius 3 is 2.39 bits per heavy atom. The van der Waals surface area contributed by atoms with E-state index in [-0.39, 0.29) is 12.5 Å². The summed E-state index contributed by atoms with van der Waals surface area (Å²) in [5.74, 6) is -1.16. The number of nitrogens with one attached hydrogen (secondary N) is 1. The number of hydrogen-bond acceptors (Lipinski definition) is 2. The Balaban J connectivity index is 2.39. The number of hydrogen-bond donors (Lipinski definition) is 1. The van der Waals surface area contributed by atoms with Crippen LogP contribution in [0.25, 0.3) is 0 Å². The molecule has 0 spiro atoms. The minimum atomic E-state index is -4.05. The molecule has 0 aliphatic heterocycles. The van der Waals surface area contributed by atoms with Crippen molar-refractivity contribution in [3.05, 3.63) is 0 Å². The highest BCUT2D eigenvalue weighted by Crippen LogP contribution is 2.37. The third-order valence-electron chi connectivity index (χ3n) is 3.94. The maximum absolute atomic E-state index is 12.9. The summed E-state index contributed by atoms with van der Waals surface area (Å²) in [6, 6.07) is 0.0379. The first-order valence-corrected chi connectivity index (χ1v) is 6.82. The summed E-state index contributed by atoms with van der Waals surface area (Å²) in [4.78, 5) is 2.14. The predicted molar refractivity (Wildman–Crippen MR) is 67.6 cm³/mol. The van der Waals surface area contributed by atoms with Gasteiger partial charge in [-0.05, 0) is 33.7 Å². The van der Waals surface area contributed by atoms with Crippen LogP contribution in [0.15, 0.2) is 0 Å². The van der Waals surface area contributed by atoms with Crippen molar-refractivity contribution >= 4 is 0 Å². The lowest BCUT2D eigenvalue weighted by Crippen LogP contribution is -2.47. The summed E-state index contributed by atoms with van der Waals surface area (Å²) in [6.07, 6.45) is -1.52. The van der Waals surface area contributed by atoms with Crippen LogP contribution in [0, 0.1) is 5.92 Å². The van der Waals surface area contributed by atoms with Crippen molar-refractivity contribution in [1.82, 2.24) is 10.2 Å². The van der Waals surface area contributed by atoms with E-state index in [2.05, 4.69) is 24.1 Å². The zero-order valence-corrected chi connectivity index (χ0v) is 11.6. The van der Waals surface area contributed by atoms with E-state index < -0.39 is 12.1 Å². The molecule has 2 nitrogen and oxygen atoms in total. The molecule has 1 rings (SSSR count). The first-order chi connectivity index (χ1) is 8.32. The SMILES string of the molecule is CC(C)N(C)CCNC1CCCCC1C(F)(F)F. The second-order valence-corrected chi connectivity index (χ2v) is 5.57. The Labute approximate surface area is 108 Å². The van der Waals surface area contributed by atoms with Crippen molar-refractivity contribution in [2.24, 2.45) is 5.92 Å².